The molecule has 0 saturated heterocycles. The summed E-state index contributed by atoms with van der Waals surface area (Å²) < 4.78 is 15.5. The third-order valence-corrected chi connectivity index (χ3v) is 4.15. The molecule has 0 atom stereocenters. The van der Waals surface area contributed by atoms with E-state index in [1.807, 2.05) is 24.3 Å². The second-order valence-corrected chi connectivity index (χ2v) is 5.80. The Kier molecular flexibility index (Phi) is 5.40. The van der Waals surface area contributed by atoms with E-state index < -0.39 is 5.97 Å². The number of amides is 2. The summed E-state index contributed by atoms with van der Waals surface area (Å²) >= 11 is 0. The minimum Gasteiger partial charge on any atom is -0.497 e. The summed E-state index contributed by atoms with van der Waals surface area (Å²) in [5, 5.41) is 6.75. The zero-order chi connectivity index (χ0) is 18.5. The van der Waals surface area contributed by atoms with E-state index in [1.165, 1.54) is 0 Å². The fourth-order valence-corrected chi connectivity index (χ4v) is 2.85. The number of nitrogens with zero attached hydrogens (tertiary/aromatic N) is 2. The normalized spacial score (nSPS) is 13.1. The molecule has 1 aliphatic heterocycles. The number of fused-ring (bicyclic) bond motifs is 1. The topological polar surface area (TPSA) is 93.9 Å². The highest BCUT2D eigenvalue weighted by molar-refractivity contribution is 5.81. The summed E-state index contributed by atoms with van der Waals surface area (Å²) in [5.74, 6) is 1.04. The van der Waals surface area contributed by atoms with Crippen LogP contribution in [0, 0.1) is 0 Å². The highest BCUT2D eigenvalue weighted by atomic mass is 16.5. The number of methoxy groups -OCH3 is 1. The molecule has 0 spiro atoms. The molecule has 8 heteroatoms. The van der Waals surface area contributed by atoms with Gasteiger partial charge in [0.2, 0.25) is 0 Å². The molecule has 2 heterocycles. The van der Waals surface area contributed by atoms with Crippen LogP contribution in [0.5, 0.6) is 5.75 Å². The number of urea groups is 1. The standard InChI is InChI=1S/C18H21N3O5/c1-3-25-16(22)10-19-18(23)21-8-7-15-14(11-21)17(20-26-15)12-5-4-6-13(9-12)24-2/h4-6,9H,3,7-8,10-11H2,1-2H3,(H,19,23). The first-order valence-corrected chi connectivity index (χ1v) is 8.42. The van der Waals surface area contributed by atoms with E-state index in [2.05, 4.69) is 10.5 Å². The van der Waals surface area contributed by atoms with Gasteiger partial charge in [0, 0.05) is 24.1 Å². The summed E-state index contributed by atoms with van der Waals surface area (Å²) in [6.45, 7) is 2.71. The van der Waals surface area contributed by atoms with Crippen LogP contribution in [0.2, 0.25) is 0 Å². The maximum absolute atomic E-state index is 12.3. The van der Waals surface area contributed by atoms with Gasteiger partial charge >= 0.3 is 12.0 Å². The van der Waals surface area contributed by atoms with Crippen LogP contribution in [0.3, 0.4) is 0 Å². The van der Waals surface area contributed by atoms with Gasteiger partial charge < -0.3 is 24.2 Å². The number of ether oxygens (including phenoxy) is 2. The van der Waals surface area contributed by atoms with Crippen LogP contribution in [-0.4, -0.2) is 48.9 Å². The second kappa shape index (κ2) is 7.90. The molecular weight excluding hydrogens is 338 g/mol. The maximum Gasteiger partial charge on any atom is 0.325 e. The van der Waals surface area contributed by atoms with E-state index >= 15 is 0 Å². The molecule has 0 radical (unpaired) electrons. The zero-order valence-corrected chi connectivity index (χ0v) is 14.8. The summed E-state index contributed by atoms with van der Waals surface area (Å²) in [7, 11) is 1.60. The van der Waals surface area contributed by atoms with Gasteiger partial charge in [-0.2, -0.15) is 0 Å². The molecule has 1 aromatic carbocycles. The van der Waals surface area contributed by atoms with Gasteiger partial charge in [0.1, 0.15) is 23.7 Å². The fourth-order valence-electron chi connectivity index (χ4n) is 2.85. The van der Waals surface area contributed by atoms with Crippen molar-refractivity contribution < 1.29 is 23.6 Å². The Bertz CT molecular complexity index is 802. The van der Waals surface area contributed by atoms with Crippen LogP contribution in [-0.2, 0) is 22.5 Å². The first kappa shape index (κ1) is 17.8. The van der Waals surface area contributed by atoms with Gasteiger partial charge in [0.15, 0.2) is 0 Å². The molecule has 0 saturated carbocycles. The van der Waals surface area contributed by atoms with Crippen LogP contribution in [0.1, 0.15) is 18.2 Å². The van der Waals surface area contributed by atoms with E-state index in [-0.39, 0.29) is 19.2 Å². The number of esters is 1. The second-order valence-electron chi connectivity index (χ2n) is 5.80. The molecule has 0 aliphatic carbocycles. The van der Waals surface area contributed by atoms with Crippen LogP contribution < -0.4 is 10.1 Å². The van der Waals surface area contributed by atoms with Crippen molar-refractivity contribution in [3.8, 4) is 17.0 Å². The van der Waals surface area contributed by atoms with Crippen molar-refractivity contribution in [2.24, 2.45) is 0 Å². The lowest BCUT2D eigenvalue weighted by Gasteiger charge is -2.26. The molecule has 0 bridgehead atoms. The Balaban J connectivity index is 1.72. The predicted octanol–water partition coefficient (Wildman–Crippen LogP) is 1.98. The highest BCUT2D eigenvalue weighted by Crippen LogP contribution is 2.31. The van der Waals surface area contributed by atoms with Gasteiger partial charge in [-0.3, -0.25) is 4.79 Å². The largest absolute Gasteiger partial charge is 0.497 e. The van der Waals surface area contributed by atoms with Crippen molar-refractivity contribution in [1.82, 2.24) is 15.4 Å². The Labute approximate surface area is 151 Å². The van der Waals surface area contributed by atoms with Gasteiger partial charge in [-0.05, 0) is 19.1 Å². The molecule has 0 fully saturated rings. The lowest BCUT2D eigenvalue weighted by molar-refractivity contribution is -0.141. The average molecular weight is 359 g/mol. The molecule has 1 aliphatic rings. The summed E-state index contributed by atoms with van der Waals surface area (Å²) in [6, 6.07) is 7.20. The molecule has 1 aromatic heterocycles. The van der Waals surface area contributed by atoms with Crippen LogP contribution >= 0.6 is 0 Å². The fraction of sp³-hybridized carbons (Fsp3) is 0.389. The lowest BCUT2D eigenvalue weighted by atomic mass is 10.0. The molecule has 26 heavy (non-hydrogen) atoms. The Morgan fingerprint density at radius 1 is 1.38 bits per heavy atom. The summed E-state index contributed by atoms with van der Waals surface area (Å²) in [4.78, 5) is 25.3. The Morgan fingerprint density at radius 3 is 3.00 bits per heavy atom. The number of carbonyl (C=O) groups is 2. The molecular formula is C18H21N3O5. The monoisotopic (exact) mass is 359 g/mol. The van der Waals surface area contributed by atoms with E-state index in [1.54, 1.807) is 18.9 Å². The van der Waals surface area contributed by atoms with Gasteiger partial charge in [0.25, 0.3) is 0 Å². The van der Waals surface area contributed by atoms with Gasteiger partial charge in [-0.25, -0.2) is 4.79 Å². The minimum absolute atomic E-state index is 0.150. The van der Waals surface area contributed by atoms with E-state index in [0.29, 0.717) is 25.2 Å². The zero-order valence-electron chi connectivity index (χ0n) is 14.8. The lowest BCUT2D eigenvalue weighted by Crippen LogP contribution is -2.44. The van der Waals surface area contributed by atoms with E-state index in [4.69, 9.17) is 14.0 Å². The van der Waals surface area contributed by atoms with Crippen LogP contribution in [0.4, 0.5) is 4.79 Å². The molecule has 2 amide bonds. The van der Waals surface area contributed by atoms with Crippen LogP contribution in [0.15, 0.2) is 28.8 Å². The number of hydrogen-bond acceptors (Lipinski definition) is 6. The molecule has 138 valence electrons. The molecule has 0 unspecified atom stereocenters. The first-order valence-electron chi connectivity index (χ1n) is 8.42. The molecule has 2 aromatic rings. The average Bonchev–Trinajstić information content (AvgIpc) is 3.09. The van der Waals surface area contributed by atoms with Gasteiger partial charge in [-0.15, -0.1) is 0 Å². The smallest absolute Gasteiger partial charge is 0.325 e. The maximum atomic E-state index is 12.3. The first-order chi connectivity index (χ1) is 12.6. The summed E-state index contributed by atoms with van der Waals surface area (Å²) in [6.07, 6.45) is 0.569. The van der Waals surface area contributed by atoms with Crippen LogP contribution in [0.25, 0.3) is 11.3 Å². The predicted molar refractivity (Wildman–Crippen MR) is 92.6 cm³/mol. The number of rotatable bonds is 5. The van der Waals surface area contributed by atoms with Crippen molar-refractivity contribution in [2.75, 3.05) is 26.8 Å². The highest BCUT2D eigenvalue weighted by Gasteiger charge is 2.27. The number of nitrogens with one attached hydrogen (secondary N) is 1. The quantitative estimate of drug-likeness (QED) is 0.821. The van der Waals surface area contributed by atoms with Crippen molar-refractivity contribution >= 4 is 12.0 Å². The van der Waals surface area contributed by atoms with E-state index in [0.717, 1.165) is 22.6 Å². The third kappa shape index (κ3) is 3.79. The number of carbonyl (C=O) groups excluding carboxylic acids is 2. The Morgan fingerprint density at radius 2 is 2.23 bits per heavy atom. The van der Waals surface area contributed by atoms with Gasteiger partial charge in [0.05, 0.1) is 20.3 Å². The third-order valence-electron chi connectivity index (χ3n) is 4.15. The Hall–Kier alpha value is -3.03. The molecule has 3 rings (SSSR count). The summed E-state index contributed by atoms with van der Waals surface area (Å²) in [5.41, 5.74) is 2.43. The number of hydrogen-bond donors (Lipinski definition) is 1. The van der Waals surface area contributed by atoms with E-state index in [9.17, 15) is 9.59 Å². The van der Waals surface area contributed by atoms with Gasteiger partial charge in [-0.1, -0.05) is 17.3 Å². The SMILES string of the molecule is CCOC(=O)CNC(=O)N1CCc2onc(-c3cccc(OC)c3)c2C1. The van der Waals surface area contributed by atoms with Crippen molar-refractivity contribution in [3.63, 3.8) is 0 Å². The van der Waals surface area contributed by atoms with Crippen molar-refractivity contribution in [1.29, 1.82) is 0 Å². The minimum atomic E-state index is -0.458. The van der Waals surface area contributed by atoms with Crippen molar-refractivity contribution in [3.05, 3.63) is 35.6 Å². The molecule has 1 N–H and O–H groups in total. The number of benzene rings is 1. The van der Waals surface area contributed by atoms with Crippen molar-refractivity contribution in [2.45, 2.75) is 19.9 Å². The number of aromatic nitrogens is 1. The molecule has 8 nitrogen and oxygen atoms in total.